The molecule has 1 aromatic rings. The first-order valence-corrected chi connectivity index (χ1v) is 7.01. The normalized spacial score (nSPS) is 10.1. The molecule has 1 aromatic carbocycles. The van der Waals surface area contributed by atoms with Crippen molar-refractivity contribution in [2.75, 3.05) is 19.6 Å². The lowest BCUT2D eigenvalue weighted by atomic mass is 10.2. The predicted octanol–water partition coefficient (Wildman–Crippen LogP) is 3.05. The van der Waals surface area contributed by atoms with Gasteiger partial charge in [0, 0.05) is 5.56 Å². The quantitative estimate of drug-likeness (QED) is 0.813. The van der Waals surface area contributed by atoms with Crippen LogP contribution < -0.4 is 0 Å². The molecule has 0 heterocycles. The number of nitriles is 1. The van der Waals surface area contributed by atoms with E-state index >= 15 is 0 Å². The standard InChI is InChI=1S/C13H22N.C3H3NO2/c1-4-14(5-2,6-3)12-13-10-8-7-9-11-13;4-2-1-3(5)6/h7-11H,4-6,12H2,1-3H3;1H2,(H,5,6)/q+1;. The monoisotopic (exact) mass is 277 g/mol. The minimum absolute atomic E-state index is 0.403. The second-order valence-corrected chi connectivity index (χ2v) is 4.66. The molecule has 0 bridgehead atoms. The number of rotatable bonds is 6. The van der Waals surface area contributed by atoms with Gasteiger partial charge >= 0.3 is 5.97 Å². The summed E-state index contributed by atoms with van der Waals surface area (Å²) in [4.78, 5) is 9.38. The van der Waals surface area contributed by atoms with Crippen LogP contribution in [-0.4, -0.2) is 35.2 Å². The Morgan fingerprint density at radius 2 is 1.65 bits per heavy atom. The fourth-order valence-corrected chi connectivity index (χ4v) is 2.04. The summed E-state index contributed by atoms with van der Waals surface area (Å²) in [6, 6.07) is 12.3. The fourth-order valence-electron chi connectivity index (χ4n) is 2.04. The first-order chi connectivity index (χ1) is 9.53. The average molecular weight is 277 g/mol. The third kappa shape index (κ3) is 6.91. The second kappa shape index (κ2) is 9.99. The summed E-state index contributed by atoms with van der Waals surface area (Å²) in [5.74, 6) is -1.07. The maximum atomic E-state index is 9.38. The molecule has 1 rings (SSSR count). The maximum absolute atomic E-state index is 9.38. The van der Waals surface area contributed by atoms with E-state index in [1.807, 2.05) is 0 Å². The first kappa shape index (κ1) is 18.1. The molecular weight excluding hydrogens is 252 g/mol. The smallest absolute Gasteiger partial charge is 0.317 e. The van der Waals surface area contributed by atoms with E-state index in [0.717, 1.165) is 0 Å². The van der Waals surface area contributed by atoms with E-state index in [1.165, 1.54) is 42.3 Å². The number of hydrogen-bond donors (Lipinski definition) is 1. The lowest BCUT2D eigenvalue weighted by Gasteiger charge is -2.35. The molecule has 110 valence electrons. The predicted molar refractivity (Wildman–Crippen MR) is 79.9 cm³/mol. The van der Waals surface area contributed by atoms with Crippen LogP contribution in [0.4, 0.5) is 0 Å². The molecular formula is C16H25N2O2+. The molecule has 4 heteroatoms. The van der Waals surface area contributed by atoms with Crippen molar-refractivity contribution in [3.8, 4) is 6.07 Å². The third-order valence-corrected chi connectivity index (χ3v) is 3.60. The summed E-state index contributed by atoms with van der Waals surface area (Å²) in [6.07, 6.45) is -0.403. The van der Waals surface area contributed by atoms with Crippen LogP contribution in [0.5, 0.6) is 0 Å². The van der Waals surface area contributed by atoms with E-state index in [9.17, 15) is 4.79 Å². The van der Waals surface area contributed by atoms with Crippen molar-refractivity contribution in [1.82, 2.24) is 0 Å². The van der Waals surface area contributed by atoms with Crippen LogP contribution in [0.15, 0.2) is 30.3 Å². The molecule has 0 aliphatic rings. The van der Waals surface area contributed by atoms with Crippen molar-refractivity contribution in [2.24, 2.45) is 0 Å². The number of carboxylic acid groups (broad SMARTS) is 1. The van der Waals surface area contributed by atoms with E-state index < -0.39 is 12.4 Å². The zero-order valence-corrected chi connectivity index (χ0v) is 12.7. The minimum Gasteiger partial charge on any atom is -0.480 e. The van der Waals surface area contributed by atoms with Gasteiger partial charge in [0.2, 0.25) is 0 Å². The number of benzene rings is 1. The minimum atomic E-state index is -1.07. The van der Waals surface area contributed by atoms with Crippen LogP contribution in [0.1, 0.15) is 32.8 Å². The molecule has 0 saturated carbocycles. The van der Waals surface area contributed by atoms with Crippen LogP contribution in [0.2, 0.25) is 0 Å². The highest BCUT2D eigenvalue weighted by Gasteiger charge is 2.20. The molecule has 0 amide bonds. The number of carbonyl (C=O) groups is 1. The Morgan fingerprint density at radius 1 is 1.15 bits per heavy atom. The van der Waals surface area contributed by atoms with Gasteiger partial charge in [0.1, 0.15) is 13.0 Å². The Balaban J connectivity index is 0.000000511. The van der Waals surface area contributed by atoms with Crippen LogP contribution >= 0.6 is 0 Å². The van der Waals surface area contributed by atoms with Gasteiger partial charge in [-0.25, -0.2) is 0 Å². The summed E-state index contributed by atoms with van der Waals surface area (Å²) in [7, 11) is 0. The Morgan fingerprint density at radius 3 is 1.95 bits per heavy atom. The van der Waals surface area contributed by atoms with Crippen molar-refractivity contribution in [1.29, 1.82) is 5.26 Å². The number of nitrogens with zero attached hydrogens (tertiary/aromatic N) is 2. The van der Waals surface area contributed by atoms with E-state index in [2.05, 4.69) is 51.1 Å². The van der Waals surface area contributed by atoms with E-state index in [-0.39, 0.29) is 0 Å². The number of aliphatic carboxylic acids is 1. The molecule has 1 N–H and O–H groups in total. The summed E-state index contributed by atoms with van der Waals surface area (Å²) in [5.41, 5.74) is 1.46. The van der Waals surface area contributed by atoms with E-state index in [0.29, 0.717) is 0 Å². The molecule has 20 heavy (non-hydrogen) atoms. The number of quaternary nitrogens is 1. The van der Waals surface area contributed by atoms with Crippen molar-refractivity contribution < 1.29 is 14.4 Å². The molecule has 0 aliphatic carbocycles. The zero-order chi connectivity index (χ0) is 15.4. The van der Waals surface area contributed by atoms with Crippen molar-refractivity contribution in [2.45, 2.75) is 33.7 Å². The summed E-state index contributed by atoms with van der Waals surface area (Å²) < 4.78 is 1.20. The molecule has 0 aromatic heterocycles. The molecule has 0 radical (unpaired) electrons. The van der Waals surface area contributed by atoms with Gasteiger partial charge in [0.25, 0.3) is 0 Å². The van der Waals surface area contributed by atoms with Gasteiger partial charge in [-0.05, 0) is 20.8 Å². The van der Waals surface area contributed by atoms with Gasteiger partial charge < -0.3 is 9.59 Å². The van der Waals surface area contributed by atoms with Gasteiger partial charge in [0.05, 0.1) is 25.7 Å². The highest BCUT2D eigenvalue weighted by atomic mass is 16.4. The average Bonchev–Trinajstić information content (AvgIpc) is 2.46. The lowest BCUT2D eigenvalue weighted by molar-refractivity contribution is -0.936. The highest BCUT2D eigenvalue weighted by Crippen LogP contribution is 2.13. The molecule has 0 fully saturated rings. The Kier molecular flexibility index (Phi) is 9.06. The van der Waals surface area contributed by atoms with Gasteiger partial charge in [-0.2, -0.15) is 5.26 Å². The SMILES string of the molecule is CC[N+](CC)(CC)Cc1ccccc1.N#CCC(=O)O. The first-order valence-electron chi connectivity index (χ1n) is 7.01. The maximum Gasteiger partial charge on any atom is 0.317 e. The zero-order valence-electron chi connectivity index (χ0n) is 12.7. The molecule has 0 aliphatic heterocycles. The van der Waals surface area contributed by atoms with Gasteiger partial charge in [0.15, 0.2) is 0 Å². The van der Waals surface area contributed by atoms with E-state index in [1.54, 1.807) is 0 Å². The Bertz CT molecular complexity index is 412. The third-order valence-electron chi connectivity index (χ3n) is 3.60. The lowest BCUT2D eigenvalue weighted by Crippen LogP contribution is -2.46. The molecule has 0 atom stereocenters. The Hall–Kier alpha value is -1.86. The summed E-state index contributed by atoms with van der Waals surface area (Å²) in [6.45, 7) is 11.7. The van der Waals surface area contributed by atoms with Gasteiger partial charge in [-0.15, -0.1) is 0 Å². The molecule has 4 nitrogen and oxygen atoms in total. The van der Waals surface area contributed by atoms with Crippen molar-refractivity contribution in [3.05, 3.63) is 35.9 Å². The van der Waals surface area contributed by atoms with E-state index in [4.69, 9.17) is 10.4 Å². The highest BCUT2D eigenvalue weighted by molar-refractivity contribution is 5.69. The summed E-state index contributed by atoms with van der Waals surface area (Å²) in [5, 5.41) is 15.3. The fraction of sp³-hybridized carbons (Fsp3) is 0.500. The van der Waals surface area contributed by atoms with Crippen LogP contribution in [0.25, 0.3) is 0 Å². The molecule has 0 spiro atoms. The van der Waals surface area contributed by atoms with Crippen LogP contribution in [0, 0.1) is 11.3 Å². The van der Waals surface area contributed by atoms with Gasteiger partial charge in [-0.1, -0.05) is 30.3 Å². The molecule has 0 saturated heterocycles. The topological polar surface area (TPSA) is 61.1 Å². The summed E-state index contributed by atoms with van der Waals surface area (Å²) >= 11 is 0. The molecule has 0 unspecified atom stereocenters. The second-order valence-electron chi connectivity index (χ2n) is 4.66. The number of carboxylic acids is 1. The van der Waals surface area contributed by atoms with Gasteiger partial charge in [-0.3, -0.25) is 4.79 Å². The largest absolute Gasteiger partial charge is 0.480 e. The van der Waals surface area contributed by atoms with Crippen molar-refractivity contribution >= 4 is 5.97 Å². The number of hydrogen-bond acceptors (Lipinski definition) is 2. The van der Waals surface area contributed by atoms with Crippen LogP contribution in [-0.2, 0) is 11.3 Å². The van der Waals surface area contributed by atoms with Crippen LogP contribution in [0.3, 0.4) is 0 Å². The Labute approximate surface area is 121 Å². The van der Waals surface area contributed by atoms with Crippen molar-refractivity contribution in [3.63, 3.8) is 0 Å².